The maximum atomic E-state index is 14.3. The fourth-order valence-corrected chi connectivity index (χ4v) is 5.67. The topological polar surface area (TPSA) is 87.9 Å². The molecule has 3 N–H and O–H groups in total. The van der Waals surface area contributed by atoms with E-state index < -0.39 is 0 Å². The predicted molar refractivity (Wildman–Crippen MR) is 154 cm³/mol. The third kappa shape index (κ3) is 5.44. The van der Waals surface area contributed by atoms with E-state index in [9.17, 15) is 14.0 Å². The van der Waals surface area contributed by atoms with Crippen LogP contribution in [-0.4, -0.2) is 49.9 Å². The Kier molecular flexibility index (Phi) is 7.51. The van der Waals surface area contributed by atoms with Gasteiger partial charge < -0.3 is 25.6 Å². The summed E-state index contributed by atoms with van der Waals surface area (Å²) in [5, 5.41) is 3.82. The summed E-state index contributed by atoms with van der Waals surface area (Å²) in [6, 6.07) is 21.2. The van der Waals surface area contributed by atoms with Gasteiger partial charge in [0.1, 0.15) is 21.4 Å². The number of hydrogen-bond donors (Lipinski definition) is 2. The van der Waals surface area contributed by atoms with Gasteiger partial charge in [-0.3, -0.25) is 9.59 Å². The number of anilines is 4. The first kappa shape index (κ1) is 26.2. The number of amides is 1. The number of ether oxygens (including phenoxy) is 1. The number of nitrogens with two attached hydrogens (primary N) is 1. The number of carbonyl (C=O) groups excluding carboxylic acids is 2. The molecule has 1 saturated heterocycles. The molecule has 0 spiro atoms. The van der Waals surface area contributed by atoms with Crippen molar-refractivity contribution in [2.45, 2.75) is 6.92 Å². The molecular weight excluding hydrogens is 515 g/mol. The van der Waals surface area contributed by atoms with Crippen molar-refractivity contribution in [3.05, 3.63) is 100 Å². The highest BCUT2D eigenvalue weighted by Crippen LogP contribution is 2.40. The average molecular weight is 545 g/mol. The molecule has 1 aromatic heterocycles. The second kappa shape index (κ2) is 11.2. The number of thiophene rings is 1. The van der Waals surface area contributed by atoms with Gasteiger partial charge in [-0.1, -0.05) is 29.8 Å². The molecule has 0 unspecified atom stereocenters. The summed E-state index contributed by atoms with van der Waals surface area (Å²) in [5.41, 5.74) is 9.82. The molecule has 200 valence electrons. The van der Waals surface area contributed by atoms with Gasteiger partial charge >= 0.3 is 0 Å². The Hall–Kier alpha value is -4.37. The largest absolute Gasteiger partial charge is 0.497 e. The molecule has 1 fully saturated rings. The molecule has 0 atom stereocenters. The maximum Gasteiger partial charge on any atom is 0.259 e. The first-order valence-electron chi connectivity index (χ1n) is 12.6. The maximum absolute atomic E-state index is 14.3. The molecule has 39 heavy (non-hydrogen) atoms. The van der Waals surface area contributed by atoms with Crippen molar-refractivity contribution in [1.29, 1.82) is 0 Å². The van der Waals surface area contributed by atoms with E-state index in [1.165, 1.54) is 17.4 Å². The molecule has 0 radical (unpaired) electrons. The molecule has 0 aliphatic carbocycles. The molecule has 1 aliphatic rings. The average Bonchev–Trinajstić information content (AvgIpc) is 3.29. The first-order valence-corrected chi connectivity index (χ1v) is 13.4. The normalized spacial score (nSPS) is 13.3. The number of nitrogens with one attached hydrogen (secondary N) is 1. The van der Waals surface area contributed by atoms with Gasteiger partial charge in [0.2, 0.25) is 5.78 Å². The minimum absolute atomic E-state index is 0.150. The van der Waals surface area contributed by atoms with E-state index in [0.29, 0.717) is 53.1 Å². The number of aryl methyl sites for hydroxylation is 1. The van der Waals surface area contributed by atoms with Gasteiger partial charge in [-0.25, -0.2) is 4.39 Å². The number of piperazine rings is 1. The van der Waals surface area contributed by atoms with E-state index in [1.807, 2.05) is 36.1 Å². The van der Waals surface area contributed by atoms with Gasteiger partial charge in [-0.05, 0) is 55.5 Å². The van der Waals surface area contributed by atoms with E-state index in [2.05, 4.69) is 5.32 Å². The Balaban J connectivity index is 1.44. The highest BCUT2D eigenvalue weighted by molar-refractivity contribution is 7.19. The molecule has 1 amide bonds. The summed E-state index contributed by atoms with van der Waals surface area (Å²) in [5.74, 6) is -0.181. The Labute approximate surface area is 230 Å². The van der Waals surface area contributed by atoms with Crippen LogP contribution >= 0.6 is 11.3 Å². The number of hydrogen-bond acceptors (Lipinski definition) is 7. The van der Waals surface area contributed by atoms with Crippen LogP contribution in [0.2, 0.25) is 0 Å². The number of para-hydroxylation sites is 1. The third-order valence-electron chi connectivity index (χ3n) is 6.79. The van der Waals surface area contributed by atoms with Crippen molar-refractivity contribution in [2.24, 2.45) is 0 Å². The Morgan fingerprint density at radius 2 is 1.62 bits per heavy atom. The number of benzene rings is 3. The van der Waals surface area contributed by atoms with Crippen LogP contribution in [0.25, 0.3) is 0 Å². The van der Waals surface area contributed by atoms with Gasteiger partial charge in [0, 0.05) is 37.4 Å². The number of carbonyl (C=O) groups is 2. The molecule has 4 aromatic rings. The lowest BCUT2D eigenvalue weighted by molar-refractivity contribution is 0.0749. The van der Waals surface area contributed by atoms with Crippen molar-refractivity contribution in [2.75, 3.05) is 49.2 Å². The SMILES string of the molecule is COc1ccc(C(=O)c2sc(Nc3ccc(C)cc3)c(C(=O)N3CCN(c4ccccc4F)CC3)c2N)cc1. The van der Waals surface area contributed by atoms with Crippen LogP contribution in [0.1, 0.15) is 31.2 Å². The molecule has 1 aliphatic heterocycles. The lowest BCUT2D eigenvalue weighted by Crippen LogP contribution is -2.49. The summed E-state index contributed by atoms with van der Waals surface area (Å²) in [7, 11) is 1.56. The highest BCUT2D eigenvalue weighted by atomic mass is 32.1. The van der Waals surface area contributed by atoms with Crippen LogP contribution < -0.4 is 20.7 Å². The molecule has 7 nitrogen and oxygen atoms in total. The second-order valence-electron chi connectivity index (χ2n) is 9.33. The zero-order valence-corrected chi connectivity index (χ0v) is 22.6. The first-order chi connectivity index (χ1) is 18.9. The monoisotopic (exact) mass is 544 g/mol. The minimum atomic E-state index is -0.286. The molecule has 0 bridgehead atoms. The second-order valence-corrected chi connectivity index (χ2v) is 10.3. The summed E-state index contributed by atoms with van der Waals surface area (Å²) in [4.78, 5) is 31.2. The lowest BCUT2D eigenvalue weighted by Gasteiger charge is -2.36. The van der Waals surface area contributed by atoms with E-state index in [1.54, 1.807) is 54.5 Å². The molecule has 5 rings (SSSR count). The number of nitrogen functional groups attached to an aromatic ring is 1. The number of halogens is 1. The van der Waals surface area contributed by atoms with Crippen molar-refractivity contribution in [1.82, 2.24) is 4.90 Å². The quantitative estimate of drug-likeness (QED) is 0.289. The smallest absolute Gasteiger partial charge is 0.259 e. The zero-order valence-electron chi connectivity index (χ0n) is 21.7. The van der Waals surface area contributed by atoms with Gasteiger partial charge in [-0.15, -0.1) is 11.3 Å². The fourth-order valence-electron chi connectivity index (χ4n) is 4.57. The van der Waals surface area contributed by atoms with E-state index >= 15 is 0 Å². The summed E-state index contributed by atoms with van der Waals surface area (Å²) < 4.78 is 19.5. The molecule has 9 heteroatoms. The fraction of sp³-hybridized carbons (Fsp3) is 0.200. The number of rotatable bonds is 7. The van der Waals surface area contributed by atoms with E-state index in [-0.39, 0.29) is 28.8 Å². The Bertz CT molecular complexity index is 1490. The van der Waals surface area contributed by atoms with Crippen LogP contribution in [0.3, 0.4) is 0 Å². The summed E-state index contributed by atoms with van der Waals surface area (Å²) >= 11 is 1.17. The minimum Gasteiger partial charge on any atom is -0.497 e. The zero-order chi connectivity index (χ0) is 27.5. The molecule has 2 heterocycles. The Morgan fingerprint density at radius 1 is 0.949 bits per heavy atom. The van der Waals surface area contributed by atoms with E-state index in [0.717, 1.165) is 11.3 Å². The van der Waals surface area contributed by atoms with Gasteiger partial charge in [0.05, 0.1) is 24.0 Å². The molecular formula is C30H29FN4O3S. The highest BCUT2D eigenvalue weighted by Gasteiger charge is 2.31. The predicted octanol–water partition coefficient (Wildman–Crippen LogP) is 5.72. The van der Waals surface area contributed by atoms with Crippen LogP contribution in [0.5, 0.6) is 5.75 Å². The van der Waals surface area contributed by atoms with Crippen LogP contribution in [0.4, 0.5) is 26.5 Å². The van der Waals surface area contributed by atoms with Crippen LogP contribution in [0.15, 0.2) is 72.8 Å². The number of methoxy groups -OCH3 is 1. The Morgan fingerprint density at radius 3 is 2.26 bits per heavy atom. The summed E-state index contributed by atoms with van der Waals surface area (Å²) in [6.07, 6.45) is 0. The third-order valence-corrected chi connectivity index (χ3v) is 7.91. The van der Waals surface area contributed by atoms with Gasteiger partial charge in [-0.2, -0.15) is 0 Å². The standard InChI is InChI=1S/C30H29FN4O3S/c1-19-7-11-21(12-8-19)33-29-25(26(32)28(39-29)27(36)20-9-13-22(38-2)14-10-20)30(37)35-17-15-34(16-18-35)24-6-4-3-5-23(24)31/h3-14,33H,15-18,32H2,1-2H3. The van der Waals surface area contributed by atoms with E-state index in [4.69, 9.17) is 10.5 Å². The van der Waals surface area contributed by atoms with Crippen molar-refractivity contribution >= 4 is 45.1 Å². The number of ketones is 1. The van der Waals surface area contributed by atoms with Gasteiger partial charge in [0.25, 0.3) is 5.91 Å². The van der Waals surface area contributed by atoms with Gasteiger partial charge in [0.15, 0.2) is 0 Å². The van der Waals surface area contributed by atoms with Crippen molar-refractivity contribution in [3.63, 3.8) is 0 Å². The lowest BCUT2D eigenvalue weighted by atomic mass is 10.1. The van der Waals surface area contributed by atoms with Crippen LogP contribution in [0, 0.1) is 12.7 Å². The van der Waals surface area contributed by atoms with Crippen molar-refractivity contribution < 1.29 is 18.7 Å². The summed E-state index contributed by atoms with van der Waals surface area (Å²) in [6.45, 7) is 3.75. The van der Waals surface area contributed by atoms with Crippen molar-refractivity contribution in [3.8, 4) is 5.75 Å². The number of nitrogens with zero attached hydrogens (tertiary/aromatic N) is 2. The van der Waals surface area contributed by atoms with Crippen LogP contribution in [-0.2, 0) is 0 Å². The molecule has 0 saturated carbocycles. The molecule has 3 aromatic carbocycles.